The minimum Gasteiger partial charge on any atom is -0.461 e. The zero-order chi connectivity index (χ0) is 13.1. The molecule has 2 heteroatoms. The van der Waals surface area contributed by atoms with Crippen LogP contribution in [0.1, 0.15) is 38.0 Å². The van der Waals surface area contributed by atoms with Crippen molar-refractivity contribution in [3.63, 3.8) is 0 Å². The molecule has 0 fully saturated rings. The van der Waals surface area contributed by atoms with E-state index in [-0.39, 0.29) is 6.04 Å². The van der Waals surface area contributed by atoms with Crippen molar-refractivity contribution in [2.75, 3.05) is 0 Å². The average molecular weight is 243 g/mol. The molecule has 18 heavy (non-hydrogen) atoms. The van der Waals surface area contributed by atoms with E-state index in [1.54, 1.807) is 0 Å². The van der Waals surface area contributed by atoms with Gasteiger partial charge in [0, 0.05) is 18.0 Å². The Bertz CT molecular complexity index is 494. The summed E-state index contributed by atoms with van der Waals surface area (Å²) in [4.78, 5) is 0. The Kier molecular flexibility index (Phi) is 3.87. The van der Waals surface area contributed by atoms with Gasteiger partial charge in [0.25, 0.3) is 0 Å². The molecular formula is C16H21NO. The highest BCUT2D eigenvalue weighted by Crippen LogP contribution is 2.24. The zero-order valence-electron chi connectivity index (χ0n) is 11.3. The molecule has 0 radical (unpaired) electrons. The number of hydrogen-bond donors (Lipinski definition) is 1. The molecule has 0 saturated carbocycles. The van der Waals surface area contributed by atoms with Gasteiger partial charge in [-0.15, -0.1) is 0 Å². The van der Waals surface area contributed by atoms with Crippen LogP contribution in [0.5, 0.6) is 0 Å². The van der Waals surface area contributed by atoms with Crippen molar-refractivity contribution in [1.82, 2.24) is 0 Å². The summed E-state index contributed by atoms with van der Waals surface area (Å²) in [6.07, 6.45) is 0.782. The van der Waals surface area contributed by atoms with Crippen molar-refractivity contribution in [3.05, 3.63) is 47.7 Å². The standard InChI is InChI=1S/C16H21NO/c1-11(2)13-4-6-14(7-5-13)16-9-8-15(18-16)10-12(3)17/h4-9,11-12H,10,17H2,1-3H3. The van der Waals surface area contributed by atoms with Crippen molar-refractivity contribution < 1.29 is 4.42 Å². The number of hydrogen-bond acceptors (Lipinski definition) is 2. The number of nitrogens with two attached hydrogens (primary N) is 1. The van der Waals surface area contributed by atoms with E-state index >= 15 is 0 Å². The fourth-order valence-corrected chi connectivity index (χ4v) is 1.99. The summed E-state index contributed by atoms with van der Waals surface area (Å²) in [5, 5.41) is 0. The molecule has 96 valence electrons. The molecule has 2 nitrogen and oxygen atoms in total. The first-order chi connectivity index (χ1) is 8.56. The monoisotopic (exact) mass is 243 g/mol. The van der Waals surface area contributed by atoms with Gasteiger partial charge in [0.15, 0.2) is 0 Å². The Balaban J connectivity index is 2.18. The van der Waals surface area contributed by atoms with Gasteiger partial charge in [-0.1, -0.05) is 38.1 Å². The van der Waals surface area contributed by atoms with Crippen LogP contribution < -0.4 is 5.73 Å². The maximum absolute atomic E-state index is 5.80. The van der Waals surface area contributed by atoms with Crippen LogP contribution in [0.25, 0.3) is 11.3 Å². The Morgan fingerprint density at radius 2 is 1.67 bits per heavy atom. The van der Waals surface area contributed by atoms with E-state index in [2.05, 4.69) is 38.1 Å². The molecular weight excluding hydrogens is 222 g/mol. The van der Waals surface area contributed by atoms with Gasteiger partial charge < -0.3 is 10.2 Å². The van der Waals surface area contributed by atoms with Gasteiger partial charge in [-0.25, -0.2) is 0 Å². The second-order valence-corrected chi connectivity index (χ2v) is 5.22. The highest BCUT2D eigenvalue weighted by atomic mass is 16.3. The van der Waals surface area contributed by atoms with Crippen LogP contribution in [0.2, 0.25) is 0 Å². The molecule has 1 heterocycles. The van der Waals surface area contributed by atoms with E-state index < -0.39 is 0 Å². The minimum atomic E-state index is 0.132. The normalized spacial score (nSPS) is 12.9. The van der Waals surface area contributed by atoms with Crippen LogP contribution in [-0.2, 0) is 6.42 Å². The molecule has 0 amide bonds. The van der Waals surface area contributed by atoms with Crippen LogP contribution in [0.15, 0.2) is 40.8 Å². The average Bonchev–Trinajstić information content (AvgIpc) is 2.76. The first-order valence-electron chi connectivity index (χ1n) is 6.51. The Morgan fingerprint density at radius 1 is 1.00 bits per heavy atom. The third kappa shape index (κ3) is 3.02. The Labute approximate surface area is 109 Å². The number of furan rings is 1. The highest BCUT2D eigenvalue weighted by molar-refractivity contribution is 5.58. The van der Waals surface area contributed by atoms with E-state index in [1.807, 2.05) is 19.1 Å². The Hall–Kier alpha value is -1.54. The molecule has 0 aliphatic heterocycles. The smallest absolute Gasteiger partial charge is 0.134 e. The third-order valence-electron chi connectivity index (χ3n) is 3.05. The van der Waals surface area contributed by atoms with Gasteiger partial charge in [0.2, 0.25) is 0 Å². The molecule has 0 saturated heterocycles. The van der Waals surface area contributed by atoms with Gasteiger partial charge in [-0.3, -0.25) is 0 Å². The van der Waals surface area contributed by atoms with Crippen molar-refractivity contribution in [1.29, 1.82) is 0 Å². The van der Waals surface area contributed by atoms with Crippen molar-refractivity contribution in [2.45, 2.75) is 39.2 Å². The third-order valence-corrected chi connectivity index (χ3v) is 3.05. The van der Waals surface area contributed by atoms with Crippen molar-refractivity contribution >= 4 is 0 Å². The fraction of sp³-hybridized carbons (Fsp3) is 0.375. The maximum Gasteiger partial charge on any atom is 0.134 e. The van der Waals surface area contributed by atoms with Gasteiger partial charge in [-0.05, 0) is 30.5 Å². The second-order valence-electron chi connectivity index (χ2n) is 5.22. The minimum absolute atomic E-state index is 0.132. The van der Waals surface area contributed by atoms with Crippen molar-refractivity contribution in [2.24, 2.45) is 5.73 Å². The summed E-state index contributed by atoms with van der Waals surface area (Å²) in [6, 6.07) is 12.7. The molecule has 0 aliphatic rings. The topological polar surface area (TPSA) is 39.2 Å². The first-order valence-corrected chi connectivity index (χ1v) is 6.51. The molecule has 1 aromatic carbocycles. The maximum atomic E-state index is 5.80. The van der Waals surface area contributed by atoms with Gasteiger partial charge in [0.05, 0.1) is 0 Å². The molecule has 0 bridgehead atoms. The lowest BCUT2D eigenvalue weighted by atomic mass is 10.0. The molecule has 1 aromatic heterocycles. The summed E-state index contributed by atoms with van der Waals surface area (Å²) < 4.78 is 5.80. The first kappa shape index (κ1) is 12.9. The lowest BCUT2D eigenvalue weighted by Crippen LogP contribution is -2.17. The molecule has 1 unspecified atom stereocenters. The van der Waals surface area contributed by atoms with Gasteiger partial charge in [-0.2, -0.15) is 0 Å². The van der Waals surface area contributed by atoms with E-state index in [0.717, 1.165) is 23.5 Å². The summed E-state index contributed by atoms with van der Waals surface area (Å²) in [5.41, 5.74) is 8.23. The van der Waals surface area contributed by atoms with Crippen LogP contribution in [0.4, 0.5) is 0 Å². The molecule has 2 N–H and O–H groups in total. The van der Waals surface area contributed by atoms with Crippen LogP contribution >= 0.6 is 0 Å². The molecule has 0 spiro atoms. The fourth-order valence-electron chi connectivity index (χ4n) is 1.99. The van der Waals surface area contributed by atoms with Crippen molar-refractivity contribution in [3.8, 4) is 11.3 Å². The summed E-state index contributed by atoms with van der Waals surface area (Å²) in [7, 11) is 0. The largest absolute Gasteiger partial charge is 0.461 e. The highest BCUT2D eigenvalue weighted by Gasteiger charge is 2.07. The van der Waals surface area contributed by atoms with Crippen LogP contribution in [-0.4, -0.2) is 6.04 Å². The zero-order valence-corrected chi connectivity index (χ0v) is 11.3. The molecule has 2 aromatic rings. The predicted molar refractivity (Wildman–Crippen MR) is 75.6 cm³/mol. The molecule has 0 aliphatic carbocycles. The predicted octanol–water partition coefficient (Wildman–Crippen LogP) is 3.96. The second kappa shape index (κ2) is 5.40. The van der Waals surface area contributed by atoms with E-state index in [4.69, 9.17) is 10.2 Å². The summed E-state index contributed by atoms with van der Waals surface area (Å²) in [6.45, 7) is 6.38. The lowest BCUT2D eigenvalue weighted by molar-refractivity contribution is 0.503. The van der Waals surface area contributed by atoms with Crippen LogP contribution in [0.3, 0.4) is 0 Å². The quantitative estimate of drug-likeness (QED) is 0.882. The van der Waals surface area contributed by atoms with Gasteiger partial charge >= 0.3 is 0 Å². The van der Waals surface area contributed by atoms with E-state index in [1.165, 1.54) is 5.56 Å². The van der Waals surface area contributed by atoms with E-state index in [9.17, 15) is 0 Å². The molecule has 2 rings (SSSR count). The van der Waals surface area contributed by atoms with Gasteiger partial charge in [0.1, 0.15) is 11.5 Å². The number of rotatable bonds is 4. The van der Waals surface area contributed by atoms with E-state index in [0.29, 0.717) is 5.92 Å². The summed E-state index contributed by atoms with van der Waals surface area (Å²) >= 11 is 0. The Morgan fingerprint density at radius 3 is 2.22 bits per heavy atom. The SMILES string of the molecule is CC(N)Cc1ccc(-c2ccc(C(C)C)cc2)o1. The lowest BCUT2D eigenvalue weighted by Gasteiger charge is -2.05. The number of benzene rings is 1. The van der Waals surface area contributed by atoms with Crippen LogP contribution in [0, 0.1) is 0 Å². The molecule has 1 atom stereocenters. The summed E-state index contributed by atoms with van der Waals surface area (Å²) in [5.74, 6) is 2.43.